The van der Waals surface area contributed by atoms with Gasteiger partial charge in [0.15, 0.2) is 5.65 Å². The Morgan fingerprint density at radius 1 is 1.19 bits per heavy atom. The molecule has 1 amide bonds. The number of phenols is 1. The Bertz CT molecular complexity index is 1010. The van der Waals surface area contributed by atoms with E-state index in [1.807, 2.05) is 17.9 Å². The van der Waals surface area contributed by atoms with Gasteiger partial charge in [-0.25, -0.2) is 4.98 Å². The highest BCUT2D eigenvalue weighted by atomic mass is 16.3. The summed E-state index contributed by atoms with van der Waals surface area (Å²) in [6.07, 6.45) is 0. The van der Waals surface area contributed by atoms with Crippen molar-refractivity contribution in [2.45, 2.75) is 6.92 Å². The molecule has 4 heterocycles. The predicted molar refractivity (Wildman–Crippen MR) is 101 cm³/mol. The molecular formula is C20H21N5O2. The molecule has 2 saturated heterocycles. The van der Waals surface area contributed by atoms with Gasteiger partial charge in [-0.2, -0.15) is 5.10 Å². The van der Waals surface area contributed by atoms with Crippen LogP contribution in [0.25, 0.3) is 22.3 Å². The molecule has 7 nitrogen and oxygen atoms in total. The number of H-pyrrole nitrogens is 1. The number of nitrogens with zero attached hydrogens (tertiary/aromatic N) is 3. The number of nitrogens with one attached hydrogen (secondary N) is 2. The van der Waals surface area contributed by atoms with E-state index >= 15 is 0 Å². The molecule has 2 aliphatic heterocycles. The summed E-state index contributed by atoms with van der Waals surface area (Å²) in [7, 11) is 0. The average Bonchev–Trinajstić information content (AvgIpc) is 3.36. The lowest BCUT2D eigenvalue weighted by atomic mass is 10.0. The molecule has 0 saturated carbocycles. The number of aromatic hydroxyl groups is 1. The Labute approximate surface area is 156 Å². The zero-order valence-electron chi connectivity index (χ0n) is 15.1. The molecule has 2 aliphatic rings. The summed E-state index contributed by atoms with van der Waals surface area (Å²) in [5.74, 6) is 1.34. The number of amides is 1. The smallest absolute Gasteiger partial charge is 0.254 e. The molecule has 138 valence electrons. The highest BCUT2D eigenvalue weighted by molar-refractivity contribution is 6.07. The second-order valence-electron chi connectivity index (χ2n) is 7.54. The van der Waals surface area contributed by atoms with Crippen LogP contribution in [0.1, 0.15) is 16.1 Å². The number of aromatic amines is 1. The zero-order chi connectivity index (χ0) is 18.5. The summed E-state index contributed by atoms with van der Waals surface area (Å²) in [6.45, 7) is 5.49. The van der Waals surface area contributed by atoms with Crippen molar-refractivity contribution < 1.29 is 9.90 Å². The van der Waals surface area contributed by atoms with Gasteiger partial charge in [0.2, 0.25) is 0 Å². The van der Waals surface area contributed by atoms with Crippen LogP contribution in [-0.4, -0.2) is 57.3 Å². The second kappa shape index (κ2) is 6.06. The quantitative estimate of drug-likeness (QED) is 0.647. The number of rotatable bonds is 2. The molecule has 7 heteroatoms. The van der Waals surface area contributed by atoms with Crippen LogP contribution < -0.4 is 5.32 Å². The van der Waals surface area contributed by atoms with Crippen LogP contribution in [0.3, 0.4) is 0 Å². The lowest BCUT2D eigenvalue weighted by Gasteiger charge is -2.18. The van der Waals surface area contributed by atoms with E-state index in [0.29, 0.717) is 28.7 Å². The minimum absolute atomic E-state index is 0.0429. The average molecular weight is 363 g/mol. The number of aryl methyl sites for hydroxylation is 1. The fourth-order valence-electron chi connectivity index (χ4n) is 4.32. The number of carbonyl (C=O) groups is 1. The van der Waals surface area contributed by atoms with Gasteiger partial charge in [0.25, 0.3) is 5.91 Å². The SMILES string of the molecule is Cc1[nH]nc2nc(-c3ccc(O)cc3)cc(C(=O)N3CC4CNCC4C3)c12. The van der Waals surface area contributed by atoms with Crippen LogP contribution in [0.2, 0.25) is 0 Å². The van der Waals surface area contributed by atoms with Crippen molar-refractivity contribution in [2.24, 2.45) is 11.8 Å². The first-order chi connectivity index (χ1) is 13.1. The van der Waals surface area contributed by atoms with Crippen molar-refractivity contribution in [1.29, 1.82) is 0 Å². The number of benzene rings is 1. The fraction of sp³-hybridized carbons (Fsp3) is 0.350. The molecule has 5 rings (SSSR count). The van der Waals surface area contributed by atoms with Crippen molar-refractivity contribution in [3.05, 3.63) is 41.6 Å². The molecular weight excluding hydrogens is 342 g/mol. The number of hydrogen-bond donors (Lipinski definition) is 3. The summed E-state index contributed by atoms with van der Waals surface area (Å²) in [4.78, 5) is 20.0. The first kappa shape index (κ1) is 16.3. The van der Waals surface area contributed by atoms with Gasteiger partial charge in [-0.3, -0.25) is 9.89 Å². The molecule has 2 fully saturated rings. The van der Waals surface area contributed by atoms with Crippen LogP contribution in [0, 0.1) is 18.8 Å². The van der Waals surface area contributed by atoms with E-state index in [-0.39, 0.29) is 11.7 Å². The van der Waals surface area contributed by atoms with Gasteiger partial charge in [0, 0.05) is 37.4 Å². The molecule has 0 spiro atoms. The molecule has 3 N–H and O–H groups in total. The fourth-order valence-corrected chi connectivity index (χ4v) is 4.32. The van der Waals surface area contributed by atoms with E-state index in [4.69, 9.17) is 0 Å². The Morgan fingerprint density at radius 2 is 1.89 bits per heavy atom. The van der Waals surface area contributed by atoms with Gasteiger partial charge < -0.3 is 15.3 Å². The van der Waals surface area contributed by atoms with Gasteiger partial charge in [0.05, 0.1) is 16.6 Å². The molecule has 27 heavy (non-hydrogen) atoms. The Morgan fingerprint density at radius 3 is 2.59 bits per heavy atom. The Balaban J connectivity index is 1.58. The van der Waals surface area contributed by atoms with E-state index in [2.05, 4.69) is 20.5 Å². The van der Waals surface area contributed by atoms with Gasteiger partial charge >= 0.3 is 0 Å². The van der Waals surface area contributed by atoms with Crippen molar-refractivity contribution >= 4 is 16.9 Å². The zero-order valence-corrected chi connectivity index (χ0v) is 15.1. The van der Waals surface area contributed by atoms with Gasteiger partial charge in [-0.15, -0.1) is 0 Å². The maximum absolute atomic E-state index is 13.4. The van der Waals surface area contributed by atoms with Crippen molar-refractivity contribution in [3.63, 3.8) is 0 Å². The largest absolute Gasteiger partial charge is 0.508 e. The summed E-state index contributed by atoms with van der Waals surface area (Å²) >= 11 is 0. The number of likely N-dealkylation sites (tertiary alicyclic amines) is 1. The lowest BCUT2D eigenvalue weighted by molar-refractivity contribution is 0.0783. The van der Waals surface area contributed by atoms with Gasteiger partial charge in [-0.1, -0.05) is 0 Å². The van der Waals surface area contributed by atoms with Crippen LogP contribution in [0.5, 0.6) is 5.75 Å². The van der Waals surface area contributed by atoms with E-state index in [1.54, 1.807) is 24.3 Å². The van der Waals surface area contributed by atoms with Crippen molar-refractivity contribution in [1.82, 2.24) is 25.4 Å². The summed E-state index contributed by atoms with van der Waals surface area (Å²) in [6, 6.07) is 8.68. The first-order valence-corrected chi connectivity index (χ1v) is 9.25. The molecule has 3 aromatic rings. The minimum Gasteiger partial charge on any atom is -0.508 e. The molecule has 2 unspecified atom stereocenters. The maximum Gasteiger partial charge on any atom is 0.254 e. The molecule has 1 aromatic carbocycles. The number of phenolic OH excluding ortho intramolecular Hbond substituents is 1. The molecule has 2 atom stereocenters. The van der Waals surface area contributed by atoms with E-state index in [1.165, 1.54) is 0 Å². The molecule has 2 aromatic heterocycles. The Hall–Kier alpha value is -2.93. The van der Waals surface area contributed by atoms with Gasteiger partial charge in [-0.05, 0) is 49.1 Å². The highest BCUT2D eigenvalue weighted by Crippen LogP contribution is 2.31. The van der Waals surface area contributed by atoms with E-state index in [9.17, 15) is 9.90 Å². The van der Waals surface area contributed by atoms with E-state index in [0.717, 1.165) is 42.8 Å². The minimum atomic E-state index is 0.0429. The summed E-state index contributed by atoms with van der Waals surface area (Å²) in [5, 5.41) is 21.0. The molecule has 0 bridgehead atoms. The lowest BCUT2D eigenvalue weighted by Crippen LogP contribution is -2.32. The second-order valence-corrected chi connectivity index (χ2v) is 7.54. The number of hydrogen-bond acceptors (Lipinski definition) is 5. The predicted octanol–water partition coefficient (Wildman–Crippen LogP) is 1.93. The number of pyridine rings is 1. The van der Waals surface area contributed by atoms with Crippen LogP contribution >= 0.6 is 0 Å². The number of aromatic nitrogens is 3. The third-order valence-electron chi connectivity index (χ3n) is 5.78. The number of fused-ring (bicyclic) bond motifs is 2. The maximum atomic E-state index is 13.4. The summed E-state index contributed by atoms with van der Waals surface area (Å²) < 4.78 is 0. The van der Waals surface area contributed by atoms with Crippen molar-refractivity contribution in [3.8, 4) is 17.0 Å². The molecule has 0 radical (unpaired) electrons. The molecule has 0 aliphatic carbocycles. The highest BCUT2D eigenvalue weighted by Gasteiger charge is 2.38. The van der Waals surface area contributed by atoms with Crippen molar-refractivity contribution in [2.75, 3.05) is 26.2 Å². The van der Waals surface area contributed by atoms with Gasteiger partial charge in [0.1, 0.15) is 5.75 Å². The third kappa shape index (κ3) is 2.66. The van der Waals surface area contributed by atoms with E-state index < -0.39 is 0 Å². The topological polar surface area (TPSA) is 94.1 Å². The summed E-state index contributed by atoms with van der Waals surface area (Å²) in [5.41, 5.74) is 3.55. The Kier molecular flexibility index (Phi) is 3.65. The normalized spacial score (nSPS) is 21.7. The van der Waals surface area contributed by atoms with Crippen LogP contribution in [0.15, 0.2) is 30.3 Å². The number of carbonyl (C=O) groups excluding carboxylic acids is 1. The monoisotopic (exact) mass is 363 g/mol. The standard InChI is InChI=1S/C20H21N5O2/c1-11-18-16(20(27)25-9-13-7-21-8-14(13)10-25)6-17(22-19(18)24-23-11)12-2-4-15(26)5-3-12/h2-6,13-14,21,26H,7-10H2,1H3,(H,22,23,24). The van der Waals surface area contributed by atoms with Crippen LogP contribution in [0.4, 0.5) is 0 Å². The van der Waals surface area contributed by atoms with Crippen LogP contribution in [-0.2, 0) is 0 Å². The first-order valence-electron chi connectivity index (χ1n) is 9.25. The third-order valence-corrected chi connectivity index (χ3v) is 5.78.